The third kappa shape index (κ3) is 4.35. The van der Waals surface area contributed by atoms with E-state index in [1.54, 1.807) is 0 Å². The Hall–Kier alpha value is -1.33. The van der Waals surface area contributed by atoms with Crippen molar-refractivity contribution < 1.29 is 40.0 Å². The number of hydrogen-bond acceptors (Lipinski definition) is 8. The molecule has 10 heteroatoms. The van der Waals surface area contributed by atoms with Crippen LogP contribution in [0.1, 0.15) is 12.8 Å². The molecule has 0 amide bonds. The third-order valence-corrected chi connectivity index (χ3v) is 3.12. The Morgan fingerprint density at radius 3 is 2.30 bits per heavy atom. The van der Waals surface area contributed by atoms with Crippen LogP contribution in [0.25, 0.3) is 0 Å². The van der Waals surface area contributed by atoms with Gasteiger partial charge in [0.2, 0.25) is 6.54 Å². The summed E-state index contributed by atoms with van der Waals surface area (Å²) in [6.07, 6.45) is -8.65. The maximum Gasteiger partial charge on any atom is 0.303 e. The van der Waals surface area contributed by atoms with Crippen LogP contribution in [0, 0.1) is 16.0 Å². The van der Waals surface area contributed by atoms with Crippen molar-refractivity contribution in [1.82, 2.24) is 0 Å². The number of carbonyl (C=O) groups is 1. The van der Waals surface area contributed by atoms with Crippen LogP contribution in [0.3, 0.4) is 0 Å². The van der Waals surface area contributed by atoms with Crippen LogP contribution < -0.4 is 0 Å². The summed E-state index contributed by atoms with van der Waals surface area (Å²) in [4.78, 5) is 20.4. The molecule has 0 bridgehead atoms. The lowest BCUT2D eigenvalue weighted by molar-refractivity contribution is -0.489. The number of nitro groups is 1. The first kappa shape index (κ1) is 16.7. The minimum absolute atomic E-state index is 0.241. The SMILES string of the molecule is O=C(O)CC(CC1O[C@H](O)[C@@H](O)[C@@H](O)[C@H]1O)C[N+](=O)[O-]. The third-order valence-electron chi connectivity index (χ3n) is 3.12. The molecule has 5 N–H and O–H groups in total. The van der Waals surface area contributed by atoms with Crippen molar-refractivity contribution in [3.8, 4) is 0 Å². The summed E-state index contributed by atoms with van der Waals surface area (Å²) < 4.78 is 4.85. The number of aliphatic hydroxyl groups is 4. The highest BCUT2D eigenvalue weighted by Gasteiger charge is 2.44. The predicted molar refractivity (Wildman–Crippen MR) is 61.1 cm³/mol. The second-order valence-electron chi connectivity index (χ2n) is 4.75. The van der Waals surface area contributed by atoms with Crippen LogP contribution in [0.5, 0.6) is 0 Å². The fourth-order valence-corrected chi connectivity index (χ4v) is 2.13. The predicted octanol–water partition coefficient (Wildman–Crippen LogP) is -2.46. The molecule has 2 unspecified atom stereocenters. The Labute approximate surface area is 113 Å². The molecule has 0 spiro atoms. The molecule has 0 aliphatic carbocycles. The Bertz CT molecular complexity index is 347. The van der Waals surface area contributed by atoms with E-state index in [1.165, 1.54) is 0 Å². The second kappa shape index (κ2) is 6.90. The van der Waals surface area contributed by atoms with Crippen molar-refractivity contribution in [3.63, 3.8) is 0 Å². The van der Waals surface area contributed by atoms with Gasteiger partial charge in [0.05, 0.1) is 12.5 Å². The van der Waals surface area contributed by atoms with Gasteiger partial charge in [-0.1, -0.05) is 0 Å². The molecule has 1 aliphatic rings. The highest BCUT2D eigenvalue weighted by molar-refractivity contribution is 5.67. The van der Waals surface area contributed by atoms with Crippen molar-refractivity contribution in [1.29, 1.82) is 0 Å². The molecule has 0 aromatic carbocycles. The van der Waals surface area contributed by atoms with Crippen molar-refractivity contribution in [2.45, 2.75) is 43.5 Å². The van der Waals surface area contributed by atoms with E-state index in [2.05, 4.69) is 0 Å². The van der Waals surface area contributed by atoms with E-state index >= 15 is 0 Å². The lowest BCUT2D eigenvalue weighted by Gasteiger charge is -2.39. The van der Waals surface area contributed by atoms with E-state index in [9.17, 15) is 35.3 Å². The molecule has 0 saturated carbocycles. The second-order valence-corrected chi connectivity index (χ2v) is 4.75. The van der Waals surface area contributed by atoms with Gasteiger partial charge in [-0.25, -0.2) is 0 Å². The van der Waals surface area contributed by atoms with Gasteiger partial charge < -0.3 is 30.3 Å². The number of aliphatic carboxylic acids is 1. The number of carboxylic acids is 1. The smallest absolute Gasteiger partial charge is 0.303 e. The van der Waals surface area contributed by atoms with Crippen LogP contribution in [-0.2, 0) is 9.53 Å². The van der Waals surface area contributed by atoms with Crippen molar-refractivity contribution in [2.24, 2.45) is 5.92 Å². The van der Waals surface area contributed by atoms with Crippen LogP contribution in [0.4, 0.5) is 0 Å². The summed E-state index contributed by atoms with van der Waals surface area (Å²) in [5, 5.41) is 56.9. The van der Waals surface area contributed by atoms with E-state index < -0.39 is 60.5 Å². The minimum atomic E-state index is -1.75. The summed E-state index contributed by atoms with van der Waals surface area (Å²) in [6, 6.07) is 0. The van der Waals surface area contributed by atoms with E-state index in [-0.39, 0.29) is 6.42 Å². The lowest BCUT2D eigenvalue weighted by atomic mass is 9.90. The summed E-state index contributed by atoms with van der Waals surface area (Å²) in [6.45, 7) is -0.645. The van der Waals surface area contributed by atoms with Gasteiger partial charge in [0.15, 0.2) is 6.29 Å². The zero-order chi connectivity index (χ0) is 15.4. The van der Waals surface area contributed by atoms with Gasteiger partial charge in [-0.3, -0.25) is 14.9 Å². The van der Waals surface area contributed by atoms with E-state index in [1.807, 2.05) is 0 Å². The maximum absolute atomic E-state index is 10.6. The zero-order valence-electron chi connectivity index (χ0n) is 10.4. The van der Waals surface area contributed by atoms with Crippen molar-refractivity contribution in [2.75, 3.05) is 6.54 Å². The van der Waals surface area contributed by atoms with Crippen LogP contribution >= 0.6 is 0 Å². The standard InChI is InChI=1S/C10H17NO9/c12-6(13)2-4(3-11(18)19)1-5-7(14)8(15)9(16)10(17)20-5/h4-5,7-10,14-17H,1-3H2,(H,12,13)/t4?,5?,7-,8-,9-,10-/m0/s1. The number of rotatable bonds is 6. The van der Waals surface area contributed by atoms with E-state index in [0.717, 1.165) is 0 Å². The van der Waals surface area contributed by atoms with Gasteiger partial charge in [0.1, 0.15) is 18.3 Å². The summed E-state index contributed by atoms with van der Waals surface area (Å²) in [7, 11) is 0. The largest absolute Gasteiger partial charge is 0.481 e. The quantitative estimate of drug-likeness (QED) is 0.263. The molecule has 1 heterocycles. The first-order valence-electron chi connectivity index (χ1n) is 5.93. The molecule has 1 aliphatic heterocycles. The van der Waals surface area contributed by atoms with Gasteiger partial charge in [0.25, 0.3) is 0 Å². The number of nitrogens with zero attached hydrogens (tertiary/aromatic N) is 1. The average molecular weight is 295 g/mol. The van der Waals surface area contributed by atoms with Crippen LogP contribution in [-0.4, -0.2) is 73.7 Å². The van der Waals surface area contributed by atoms with Crippen LogP contribution in [0.2, 0.25) is 0 Å². The molecule has 6 atom stereocenters. The molecule has 10 nitrogen and oxygen atoms in total. The normalized spacial score (nSPS) is 35.5. The fourth-order valence-electron chi connectivity index (χ4n) is 2.13. The monoisotopic (exact) mass is 295 g/mol. The lowest BCUT2D eigenvalue weighted by Crippen LogP contribution is -2.57. The zero-order valence-corrected chi connectivity index (χ0v) is 10.4. The summed E-state index contributed by atoms with van der Waals surface area (Å²) in [5.41, 5.74) is 0. The molecule has 1 rings (SSSR count). The number of carboxylic acid groups (broad SMARTS) is 1. The summed E-state index contributed by atoms with van der Waals surface area (Å²) in [5.74, 6) is -2.18. The molecule has 116 valence electrons. The number of hydrogen-bond donors (Lipinski definition) is 5. The average Bonchev–Trinajstić information content (AvgIpc) is 2.31. The molecule has 1 fully saturated rings. The van der Waals surface area contributed by atoms with Gasteiger partial charge >= 0.3 is 5.97 Å². The van der Waals surface area contributed by atoms with Crippen molar-refractivity contribution in [3.05, 3.63) is 10.1 Å². The first-order chi connectivity index (χ1) is 9.22. The van der Waals surface area contributed by atoms with Gasteiger partial charge in [-0.15, -0.1) is 0 Å². The van der Waals surface area contributed by atoms with Gasteiger partial charge in [-0.05, 0) is 6.42 Å². The Balaban J connectivity index is 2.71. The highest BCUT2D eigenvalue weighted by atomic mass is 16.6. The molecule has 0 radical (unpaired) electrons. The van der Waals surface area contributed by atoms with Gasteiger partial charge in [-0.2, -0.15) is 0 Å². The Morgan fingerprint density at radius 2 is 1.80 bits per heavy atom. The highest BCUT2D eigenvalue weighted by Crippen LogP contribution is 2.25. The van der Waals surface area contributed by atoms with Gasteiger partial charge in [0, 0.05) is 10.8 Å². The fraction of sp³-hybridized carbons (Fsp3) is 0.900. The molecular formula is C10H17NO9. The molecule has 0 aromatic rings. The van der Waals surface area contributed by atoms with Crippen molar-refractivity contribution >= 4 is 5.97 Å². The minimum Gasteiger partial charge on any atom is -0.481 e. The Morgan fingerprint density at radius 1 is 1.20 bits per heavy atom. The summed E-state index contributed by atoms with van der Waals surface area (Å²) >= 11 is 0. The first-order valence-corrected chi connectivity index (χ1v) is 5.93. The Kier molecular flexibility index (Phi) is 5.77. The molecule has 1 saturated heterocycles. The molecule has 0 aromatic heterocycles. The van der Waals surface area contributed by atoms with Crippen LogP contribution in [0.15, 0.2) is 0 Å². The molecule has 20 heavy (non-hydrogen) atoms. The molecular weight excluding hydrogens is 278 g/mol. The number of aliphatic hydroxyl groups excluding tert-OH is 4. The maximum atomic E-state index is 10.6. The number of ether oxygens (including phenoxy) is 1. The van der Waals surface area contributed by atoms with E-state index in [4.69, 9.17) is 9.84 Å². The topological polar surface area (TPSA) is 171 Å². The van der Waals surface area contributed by atoms with E-state index in [0.29, 0.717) is 0 Å².